The molecular weight excluding hydrogens is 310 g/mol. The third-order valence-corrected chi connectivity index (χ3v) is 3.12. The van der Waals surface area contributed by atoms with Crippen molar-refractivity contribution in [1.29, 1.82) is 0 Å². The molecule has 0 aliphatic heterocycles. The van der Waals surface area contributed by atoms with Crippen molar-refractivity contribution >= 4 is 18.0 Å². The van der Waals surface area contributed by atoms with Gasteiger partial charge in [0, 0.05) is 6.04 Å². The SMILES string of the molecule is C=CCOc1ccc(/C=N\NC(=O)C(=O)N[C@@H](C)CC)cc1OC. The summed E-state index contributed by atoms with van der Waals surface area (Å²) in [4.78, 5) is 23.1. The van der Waals surface area contributed by atoms with E-state index >= 15 is 0 Å². The molecule has 7 heteroatoms. The molecule has 0 saturated carbocycles. The fourth-order valence-corrected chi connectivity index (χ4v) is 1.64. The molecule has 1 aromatic rings. The Morgan fingerprint density at radius 2 is 2.08 bits per heavy atom. The highest BCUT2D eigenvalue weighted by Crippen LogP contribution is 2.27. The van der Waals surface area contributed by atoms with Crippen LogP contribution in [-0.2, 0) is 9.59 Å². The average molecular weight is 333 g/mol. The molecule has 7 nitrogen and oxygen atoms in total. The minimum Gasteiger partial charge on any atom is -0.493 e. The van der Waals surface area contributed by atoms with E-state index in [9.17, 15) is 9.59 Å². The number of hydrogen-bond donors (Lipinski definition) is 2. The van der Waals surface area contributed by atoms with Crippen LogP contribution in [0, 0.1) is 0 Å². The molecular formula is C17H23N3O4. The van der Waals surface area contributed by atoms with E-state index in [-0.39, 0.29) is 6.04 Å². The Balaban J connectivity index is 2.65. The van der Waals surface area contributed by atoms with Crippen LogP contribution < -0.4 is 20.2 Å². The second-order valence-corrected chi connectivity index (χ2v) is 4.99. The Kier molecular flexibility index (Phi) is 8.04. The topological polar surface area (TPSA) is 89.0 Å². The molecule has 1 atom stereocenters. The van der Waals surface area contributed by atoms with Crippen molar-refractivity contribution in [3.05, 3.63) is 36.4 Å². The lowest BCUT2D eigenvalue weighted by Crippen LogP contribution is -2.41. The Hall–Kier alpha value is -2.83. The molecule has 2 amide bonds. The summed E-state index contributed by atoms with van der Waals surface area (Å²) in [5.41, 5.74) is 2.86. The van der Waals surface area contributed by atoms with Gasteiger partial charge in [0.05, 0.1) is 13.3 Å². The number of nitrogens with zero attached hydrogens (tertiary/aromatic N) is 1. The van der Waals surface area contributed by atoms with Crippen molar-refractivity contribution in [2.45, 2.75) is 26.3 Å². The van der Waals surface area contributed by atoms with Gasteiger partial charge >= 0.3 is 11.8 Å². The lowest BCUT2D eigenvalue weighted by Gasteiger charge is -2.10. The predicted octanol–water partition coefficient (Wildman–Crippen LogP) is 1.62. The zero-order chi connectivity index (χ0) is 17.9. The molecule has 0 radical (unpaired) electrons. The van der Waals surface area contributed by atoms with Crippen molar-refractivity contribution in [3.63, 3.8) is 0 Å². The van der Waals surface area contributed by atoms with Gasteiger partial charge in [-0.1, -0.05) is 19.6 Å². The monoisotopic (exact) mass is 333 g/mol. The summed E-state index contributed by atoms with van der Waals surface area (Å²) in [5, 5.41) is 6.32. The molecule has 2 N–H and O–H groups in total. The Bertz CT molecular complexity index is 614. The maximum atomic E-state index is 11.6. The summed E-state index contributed by atoms with van der Waals surface area (Å²) in [6.07, 6.45) is 3.78. The first-order chi connectivity index (χ1) is 11.5. The van der Waals surface area contributed by atoms with Gasteiger partial charge in [0.15, 0.2) is 11.5 Å². The van der Waals surface area contributed by atoms with Crippen molar-refractivity contribution in [2.75, 3.05) is 13.7 Å². The van der Waals surface area contributed by atoms with Gasteiger partial charge in [-0.2, -0.15) is 5.10 Å². The molecule has 0 unspecified atom stereocenters. The summed E-state index contributed by atoms with van der Waals surface area (Å²) in [5.74, 6) is -0.426. The van der Waals surface area contributed by atoms with Crippen LogP contribution in [0.2, 0.25) is 0 Å². The van der Waals surface area contributed by atoms with Crippen LogP contribution in [0.4, 0.5) is 0 Å². The smallest absolute Gasteiger partial charge is 0.329 e. The first-order valence-corrected chi connectivity index (χ1v) is 7.57. The van der Waals surface area contributed by atoms with Crippen LogP contribution in [-0.4, -0.2) is 37.8 Å². The Labute approximate surface area is 141 Å². The van der Waals surface area contributed by atoms with Crippen LogP contribution in [0.15, 0.2) is 36.0 Å². The number of carbonyl (C=O) groups excluding carboxylic acids is 2. The highest BCUT2D eigenvalue weighted by atomic mass is 16.5. The lowest BCUT2D eigenvalue weighted by molar-refractivity contribution is -0.139. The van der Waals surface area contributed by atoms with Crippen LogP contribution in [0.25, 0.3) is 0 Å². The van der Waals surface area contributed by atoms with E-state index in [0.29, 0.717) is 23.7 Å². The molecule has 0 aliphatic rings. The second kappa shape index (κ2) is 10.0. The van der Waals surface area contributed by atoms with Crippen LogP contribution in [0.5, 0.6) is 11.5 Å². The molecule has 0 aromatic heterocycles. The van der Waals surface area contributed by atoms with E-state index in [1.165, 1.54) is 13.3 Å². The van der Waals surface area contributed by atoms with E-state index in [1.54, 1.807) is 24.3 Å². The average Bonchev–Trinajstić information content (AvgIpc) is 2.59. The number of amides is 2. The highest BCUT2D eigenvalue weighted by molar-refractivity contribution is 6.35. The van der Waals surface area contributed by atoms with E-state index in [4.69, 9.17) is 9.47 Å². The van der Waals surface area contributed by atoms with Gasteiger partial charge in [-0.05, 0) is 37.1 Å². The van der Waals surface area contributed by atoms with Crippen molar-refractivity contribution in [3.8, 4) is 11.5 Å². The molecule has 0 bridgehead atoms. The number of nitrogens with one attached hydrogen (secondary N) is 2. The predicted molar refractivity (Wildman–Crippen MR) is 92.3 cm³/mol. The van der Waals surface area contributed by atoms with Crippen molar-refractivity contribution in [2.24, 2.45) is 5.10 Å². The molecule has 130 valence electrons. The number of benzene rings is 1. The fraction of sp³-hybridized carbons (Fsp3) is 0.353. The van der Waals surface area contributed by atoms with Gasteiger partial charge in [0.25, 0.3) is 0 Å². The summed E-state index contributed by atoms with van der Waals surface area (Å²) < 4.78 is 10.7. The fourth-order valence-electron chi connectivity index (χ4n) is 1.64. The molecule has 1 aromatic carbocycles. The number of hydrazone groups is 1. The van der Waals surface area contributed by atoms with Gasteiger partial charge in [-0.15, -0.1) is 0 Å². The van der Waals surface area contributed by atoms with E-state index in [2.05, 4.69) is 22.4 Å². The highest BCUT2D eigenvalue weighted by Gasteiger charge is 2.14. The van der Waals surface area contributed by atoms with Crippen molar-refractivity contribution in [1.82, 2.24) is 10.7 Å². The van der Waals surface area contributed by atoms with Gasteiger partial charge in [-0.3, -0.25) is 9.59 Å². The number of carbonyl (C=O) groups is 2. The second-order valence-electron chi connectivity index (χ2n) is 4.99. The first kappa shape index (κ1) is 19.2. The number of hydrogen-bond acceptors (Lipinski definition) is 5. The van der Waals surface area contributed by atoms with Crippen LogP contribution in [0.1, 0.15) is 25.8 Å². The summed E-state index contributed by atoms with van der Waals surface area (Å²) in [6.45, 7) is 7.68. The largest absolute Gasteiger partial charge is 0.493 e. The van der Waals surface area contributed by atoms with E-state index in [0.717, 1.165) is 6.42 Å². The Morgan fingerprint density at radius 1 is 1.33 bits per heavy atom. The third kappa shape index (κ3) is 6.12. The van der Waals surface area contributed by atoms with Gasteiger partial charge < -0.3 is 14.8 Å². The molecule has 0 fully saturated rings. The molecule has 24 heavy (non-hydrogen) atoms. The van der Waals surface area contributed by atoms with Crippen LogP contribution >= 0.6 is 0 Å². The van der Waals surface area contributed by atoms with Crippen LogP contribution in [0.3, 0.4) is 0 Å². The maximum Gasteiger partial charge on any atom is 0.329 e. The number of rotatable bonds is 8. The Morgan fingerprint density at radius 3 is 2.71 bits per heavy atom. The van der Waals surface area contributed by atoms with Gasteiger partial charge in [-0.25, -0.2) is 5.43 Å². The maximum absolute atomic E-state index is 11.6. The van der Waals surface area contributed by atoms with E-state index < -0.39 is 11.8 Å². The summed E-state index contributed by atoms with van der Waals surface area (Å²) in [7, 11) is 1.53. The van der Waals surface area contributed by atoms with Gasteiger partial charge in [0.1, 0.15) is 6.61 Å². The minimum atomic E-state index is -0.815. The third-order valence-electron chi connectivity index (χ3n) is 3.12. The number of ether oxygens (including phenoxy) is 2. The molecule has 1 rings (SSSR count). The minimum absolute atomic E-state index is 0.0698. The quantitative estimate of drug-likeness (QED) is 0.327. The normalized spacial score (nSPS) is 11.6. The van der Waals surface area contributed by atoms with E-state index in [1.807, 2.05) is 13.8 Å². The zero-order valence-corrected chi connectivity index (χ0v) is 14.2. The standard InChI is InChI=1S/C17H23N3O4/c1-5-9-24-14-8-7-13(10-15(14)23-4)11-18-20-17(22)16(21)19-12(3)6-2/h5,7-8,10-12H,1,6,9H2,2-4H3,(H,19,21)(H,20,22)/b18-11-/t12-/m0/s1. The zero-order valence-electron chi connectivity index (χ0n) is 14.2. The molecule has 0 saturated heterocycles. The van der Waals surface area contributed by atoms with Crippen molar-refractivity contribution < 1.29 is 19.1 Å². The lowest BCUT2D eigenvalue weighted by atomic mass is 10.2. The summed E-state index contributed by atoms with van der Waals surface area (Å²) in [6, 6.07) is 5.10. The molecule has 0 spiro atoms. The number of methoxy groups -OCH3 is 1. The van der Waals surface area contributed by atoms with Gasteiger partial charge in [0.2, 0.25) is 0 Å². The molecule has 0 aliphatic carbocycles. The summed E-state index contributed by atoms with van der Waals surface area (Å²) >= 11 is 0. The molecule has 0 heterocycles. The first-order valence-electron chi connectivity index (χ1n) is 7.57.